The maximum Gasteiger partial charge on any atom is 0.325 e. The number of rotatable bonds is 3. The van der Waals surface area contributed by atoms with E-state index in [4.69, 9.17) is 4.74 Å². The van der Waals surface area contributed by atoms with Gasteiger partial charge in [-0.15, -0.1) is 11.8 Å². The van der Waals surface area contributed by atoms with Crippen molar-refractivity contribution < 1.29 is 23.5 Å². The van der Waals surface area contributed by atoms with Crippen LogP contribution in [0.5, 0.6) is 5.75 Å². The molecule has 7 nitrogen and oxygen atoms in total. The molecule has 9 heteroatoms. The van der Waals surface area contributed by atoms with Crippen molar-refractivity contribution in [3.63, 3.8) is 0 Å². The van der Waals surface area contributed by atoms with Gasteiger partial charge in [-0.3, -0.25) is 14.5 Å². The second-order valence-electron chi connectivity index (χ2n) is 7.65. The normalized spacial score (nSPS) is 24.9. The minimum absolute atomic E-state index is 0.281. The number of thioether (sulfide) groups is 1. The van der Waals surface area contributed by atoms with E-state index < -0.39 is 22.9 Å². The molecule has 1 spiro atoms. The predicted octanol–water partition coefficient (Wildman–Crippen LogP) is 2.63. The zero-order valence-electron chi connectivity index (χ0n) is 16.5. The Bertz CT molecular complexity index is 1080. The molecular weight excluding hydrogens is 421 g/mol. The number of nitrogens with zero attached hydrogens (tertiary/aromatic N) is 2. The zero-order chi connectivity index (χ0) is 21.6. The second-order valence-corrected chi connectivity index (χ2v) is 8.84. The molecule has 0 aromatic heterocycles. The van der Waals surface area contributed by atoms with Gasteiger partial charge < -0.3 is 15.0 Å². The van der Waals surface area contributed by atoms with Crippen LogP contribution in [-0.2, 0) is 15.1 Å². The van der Waals surface area contributed by atoms with Gasteiger partial charge in [-0.25, -0.2) is 9.18 Å². The molecule has 0 unspecified atom stereocenters. The van der Waals surface area contributed by atoms with E-state index in [0.29, 0.717) is 29.2 Å². The van der Waals surface area contributed by atoms with Crippen LogP contribution in [0.25, 0.3) is 0 Å². The minimum Gasteiger partial charge on any atom is -0.493 e. The standard InChI is InChI=1S/C22H20FN3O4S/c23-16-7-3-1-5-14(16)19-25(10-12-31-19)18(27)13-26-20(28)22(24-21(26)29)9-11-30-17-8-4-2-6-15(17)22/h1-8,19H,9-13H2,(H,24,29)/t19-,22+/m1/s1. The summed E-state index contributed by atoms with van der Waals surface area (Å²) in [5.41, 5.74) is -0.211. The van der Waals surface area contributed by atoms with Gasteiger partial charge in [0, 0.05) is 29.8 Å². The number of imide groups is 1. The van der Waals surface area contributed by atoms with Crippen molar-refractivity contribution in [3.8, 4) is 5.75 Å². The Hall–Kier alpha value is -3.07. The van der Waals surface area contributed by atoms with Crippen LogP contribution in [0.3, 0.4) is 0 Å². The molecule has 31 heavy (non-hydrogen) atoms. The predicted molar refractivity (Wildman–Crippen MR) is 112 cm³/mol. The molecule has 0 aliphatic carbocycles. The van der Waals surface area contributed by atoms with Crippen molar-refractivity contribution in [1.29, 1.82) is 0 Å². The monoisotopic (exact) mass is 441 g/mol. The second kappa shape index (κ2) is 7.56. The SMILES string of the molecule is O=C1N[C@]2(CCOc3ccccc32)C(=O)N1CC(=O)N1CCS[C@@H]1c1ccccc1F. The number of carbonyl (C=O) groups is 3. The average Bonchev–Trinajstić information content (AvgIpc) is 3.34. The summed E-state index contributed by atoms with van der Waals surface area (Å²) in [6.07, 6.45) is 0.288. The molecule has 0 radical (unpaired) electrons. The molecule has 0 bridgehead atoms. The van der Waals surface area contributed by atoms with Crippen LogP contribution >= 0.6 is 11.8 Å². The highest BCUT2D eigenvalue weighted by atomic mass is 32.2. The number of nitrogens with one attached hydrogen (secondary N) is 1. The van der Waals surface area contributed by atoms with Crippen molar-refractivity contribution in [2.24, 2.45) is 0 Å². The fraction of sp³-hybridized carbons (Fsp3) is 0.318. The number of para-hydroxylation sites is 1. The van der Waals surface area contributed by atoms with E-state index in [-0.39, 0.29) is 31.3 Å². The summed E-state index contributed by atoms with van der Waals surface area (Å²) >= 11 is 1.46. The smallest absolute Gasteiger partial charge is 0.325 e. The lowest BCUT2D eigenvalue weighted by atomic mass is 9.84. The first-order valence-electron chi connectivity index (χ1n) is 10.0. The Morgan fingerprint density at radius 1 is 1.19 bits per heavy atom. The summed E-state index contributed by atoms with van der Waals surface area (Å²) in [7, 11) is 0. The lowest BCUT2D eigenvalue weighted by Crippen LogP contribution is -2.48. The maximum atomic E-state index is 14.3. The van der Waals surface area contributed by atoms with Crippen LogP contribution in [-0.4, -0.2) is 53.1 Å². The van der Waals surface area contributed by atoms with E-state index in [9.17, 15) is 18.8 Å². The van der Waals surface area contributed by atoms with Crippen molar-refractivity contribution in [3.05, 3.63) is 65.5 Å². The third-order valence-corrected chi connectivity index (χ3v) is 7.18. The van der Waals surface area contributed by atoms with Crippen LogP contribution < -0.4 is 10.1 Å². The molecule has 2 saturated heterocycles. The van der Waals surface area contributed by atoms with Gasteiger partial charge in [-0.2, -0.15) is 0 Å². The van der Waals surface area contributed by atoms with Gasteiger partial charge in [0.25, 0.3) is 5.91 Å². The number of hydrogen-bond acceptors (Lipinski definition) is 5. The van der Waals surface area contributed by atoms with Gasteiger partial charge in [0.1, 0.15) is 23.5 Å². The molecule has 4 amide bonds. The zero-order valence-corrected chi connectivity index (χ0v) is 17.4. The summed E-state index contributed by atoms with van der Waals surface area (Å²) in [6, 6.07) is 12.8. The molecular formula is C22H20FN3O4S. The van der Waals surface area contributed by atoms with Gasteiger partial charge in [-0.05, 0) is 12.1 Å². The van der Waals surface area contributed by atoms with Gasteiger partial charge >= 0.3 is 6.03 Å². The van der Waals surface area contributed by atoms with E-state index in [0.717, 1.165) is 4.90 Å². The fourth-order valence-electron chi connectivity index (χ4n) is 4.40. The number of hydrogen-bond donors (Lipinski definition) is 1. The molecule has 2 aromatic rings. The number of halogens is 1. The molecule has 3 aliphatic rings. The fourth-order valence-corrected chi connectivity index (χ4v) is 5.70. The molecule has 3 aliphatic heterocycles. The van der Waals surface area contributed by atoms with Crippen LogP contribution in [0.1, 0.15) is 22.9 Å². The highest BCUT2D eigenvalue weighted by Gasteiger charge is 2.55. The Morgan fingerprint density at radius 3 is 2.81 bits per heavy atom. The topological polar surface area (TPSA) is 79.0 Å². The van der Waals surface area contributed by atoms with E-state index in [1.54, 1.807) is 42.5 Å². The lowest BCUT2D eigenvalue weighted by Gasteiger charge is -2.33. The number of carbonyl (C=O) groups excluding carboxylic acids is 3. The third kappa shape index (κ3) is 3.15. The number of amides is 4. The van der Waals surface area contributed by atoms with Crippen molar-refractivity contribution >= 4 is 29.6 Å². The van der Waals surface area contributed by atoms with Crippen LogP contribution in [0.2, 0.25) is 0 Å². The highest BCUT2D eigenvalue weighted by Crippen LogP contribution is 2.42. The van der Waals surface area contributed by atoms with E-state index >= 15 is 0 Å². The van der Waals surface area contributed by atoms with Gasteiger partial charge in [0.2, 0.25) is 5.91 Å². The first-order valence-corrected chi connectivity index (χ1v) is 11.1. The molecule has 0 saturated carbocycles. The van der Waals surface area contributed by atoms with Crippen LogP contribution in [0.15, 0.2) is 48.5 Å². The van der Waals surface area contributed by atoms with Crippen LogP contribution in [0, 0.1) is 5.82 Å². The number of fused-ring (bicyclic) bond motifs is 2. The minimum atomic E-state index is -1.23. The largest absolute Gasteiger partial charge is 0.493 e. The molecule has 5 rings (SSSR count). The van der Waals surface area contributed by atoms with Crippen molar-refractivity contribution in [2.45, 2.75) is 17.3 Å². The van der Waals surface area contributed by atoms with Crippen molar-refractivity contribution in [2.75, 3.05) is 25.4 Å². The van der Waals surface area contributed by atoms with E-state index in [2.05, 4.69) is 5.32 Å². The van der Waals surface area contributed by atoms with Gasteiger partial charge in [0.05, 0.1) is 6.61 Å². The summed E-state index contributed by atoms with van der Waals surface area (Å²) in [4.78, 5) is 41.7. The molecule has 160 valence electrons. The van der Waals surface area contributed by atoms with Gasteiger partial charge in [0.15, 0.2) is 5.54 Å². The summed E-state index contributed by atoms with van der Waals surface area (Å²) in [6.45, 7) is 0.317. The van der Waals surface area contributed by atoms with Crippen molar-refractivity contribution in [1.82, 2.24) is 15.1 Å². The molecule has 2 aromatic carbocycles. The first kappa shape index (κ1) is 19.9. The highest BCUT2D eigenvalue weighted by molar-refractivity contribution is 7.99. The van der Waals surface area contributed by atoms with E-state index in [1.807, 2.05) is 0 Å². The quantitative estimate of drug-likeness (QED) is 0.741. The number of urea groups is 1. The lowest BCUT2D eigenvalue weighted by molar-refractivity contribution is -0.139. The molecule has 2 fully saturated rings. The van der Waals surface area contributed by atoms with E-state index in [1.165, 1.54) is 22.7 Å². The van der Waals surface area contributed by atoms with Crippen LogP contribution in [0.4, 0.5) is 9.18 Å². The summed E-state index contributed by atoms with van der Waals surface area (Å²) < 4.78 is 19.9. The third-order valence-electron chi connectivity index (χ3n) is 5.93. The van der Waals surface area contributed by atoms with Gasteiger partial charge in [-0.1, -0.05) is 36.4 Å². The Balaban J connectivity index is 1.39. The molecule has 1 N–H and O–H groups in total. The summed E-state index contributed by atoms with van der Waals surface area (Å²) in [5.74, 6) is -0.0341. The Kier molecular flexibility index (Phi) is 4.85. The Labute approximate surface area is 182 Å². The number of benzene rings is 2. The first-order chi connectivity index (χ1) is 15.0. The maximum absolute atomic E-state index is 14.3. The number of ether oxygens (including phenoxy) is 1. The average molecular weight is 441 g/mol. The molecule has 3 heterocycles. The Morgan fingerprint density at radius 2 is 1.97 bits per heavy atom. The summed E-state index contributed by atoms with van der Waals surface area (Å²) in [5, 5.41) is 2.32. The molecule has 2 atom stereocenters.